The molecule has 0 spiro atoms. The van der Waals surface area contributed by atoms with Crippen LogP contribution in [0.15, 0.2) is 29.4 Å². The molecular weight excluding hydrogens is 394 g/mol. The number of fused-ring (bicyclic) bond motifs is 1. The SMILES string of the molecule is COc1cc(OC)c(C2=NO[C@H]3[C@@H]2C(=O)C=CC3(OC)OC)c(C2OCCCO2)c1. The second-order valence-corrected chi connectivity index (χ2v) is 7.07. The van der Waals surface area contributed by atoms with Crippen LogP contribution in [0.5, 0.6) is 11.5 Å². The predicted octanol–water partition coefficient (Wildman–Crippen LogP) is 1.99. The van der Waals surface area contributed by atoms with Gasteiger partial charge in [0.25, 0.3) is 0 Å². The quantitative estimate of drug-likeness (QED) is 0.646. The van der Waals surface area contributed by atoms with Gasteiger partial charge in [-0.1, -0.05) is 5.16 Å². The van der Waals surface area contributed by atoms with Crippen molar-refractivity contribution in [2.75, 3.05) is 41.7 Å². The van der Waals surface area contributed by atoms with Crippen molar-refractivity contribution in [2.24, 2.45) is 11.1 Å². The molecule has 4 rings (SSSR count). The highest BCUT2D eigenvalue weighted by Crippen LogP contribution is 2.43. The molecule has 0 saturated carbocycles. The minimum Gasteiger partial charge on any atom is -0.497 e. The van der Waals surface area contributed by atoms with Gasteiger partial charge < -0.3 is 33.3 Å². The number of oxime groups is 1. The fraction of sp³-hybridized carbons (Fsp3) is 0.524. The highest BCUT2D eigenvalue weighted by atomic mass is 16.7. The average Bonchev–Trinajstić information content (AvgIpc) is 3.25. The Labute approximate surface area is 174 Å². The largest absolute Gasteiger partial charge is 0.497 e. The van der Waals surface area contributed by atoms with Crippen molar-refractivity contribution in [3.8, 4) is 11.5 Å². The van der Waals surface area contributed by atoms with Crippen LogP contribution in [0.3, 0.4) is 0 Å². The van der Waals surface area contributed by atoms with Crippen LogP contribution in [0, 0.1) is 5.92 Å². The van der Waals surface area contributed by atoms with E-state index in [1.807, 2.05) is 0 Å². The molecule has 9 nitrogen and oxygen atoms in total. The molecular formula is C21H25NO8. The summed E-state index contributed by atoms with van der Waals surface area (Å²) in [5, 5.41) is 4.28. The molecule has 1 saturated heterocycles. The Balaban J connectivity index is 1.84. The summed E-state index contributed by atoms with van der Waals surface area (Å²) in [6, 6.07) is 3.52. The van der Waals surface area contributed by atoms with Gasteiger partial charge in [0.05, 0.1) is 33.0 Å². The number of carbonyl (C=O) groups excluding carboxylic acids is 1. The van der Waals surface area contributed by atoms with Crippen molar-refractivity contribution in [3.05, 3.63) is 35.4 Å². The molecule has 2 atom stereocenters. The van der Waals surface area contributed by atoms with Crippen molar-refractivity contribution in [2.45, 2.75) is 24.6 Å². The lowest BCUT2D eigenvalue weighted by atomic mass is 9.79. The molecule has 3 aliphatic rings. The van der Waals surface area contributed by atoms with Gasteiger partial charge in [-0.2, -0.15) is 0 Å². The summed E-state index contributed by atoms with van der Waals surface area (Å²) >= 11 is 0. The summed E-state index contributed by atoms with van der Waals surface area (Å²) in [6.45, 7) is 1.10. The first kappa shape index (κ1) is 20.8. The maximum absolute atomic E-state index is 12.9. The van der Waals surface area contributed by atoms with Crippen LogP contribution in [0.1, 0.15) is 23.8 Å². The van der Waals surface area contributed by atoms with Gasteiger partial charge in [-0.15, -0.1) is 0 Å². The number of nitrogens with zero attached hydrogens (tertiary/aromatic N) is 1. The summed E-state index contributed by atoms with van der Waals surface area (Å²) in [7, 11) is 6.08. The molecule has 1 aromatic carbocycles. The number of hydrogen-bond donors (Lipinski definition) is 0. The Kier molecular flexibility index (Phi) is 5.79. The molecule has 0 amide bonds. The van der Waals surface area contributed by atoms with E-state index in [1.165, 1.54) is 27.4 Å². The first-order valence-electron chi connectivity index (χ1n) is 9.65. The van der Waals surface area contributed by atoms with Gasteiger partial charge in [0.15, 0.2) is 12.1 Å². The van der Waals surface area contributed by atoms with Crippen LogP contribution in [0.25, 0.3) is 0 Å². The van der Waals surface area contributed by atoms with Gasteiger partial charge in [-0.25, -0.2) is 0 Å². The van der Waals surface area contributed by atoms with E-state index in [2.05, 4.69) is 5.16 Å². The number of hydrogen-bond acceptors (Lipinski definition) is 9. The highest BCUT2D eigenvalue weighted by Gasteiger charge is 2.56. The van der Waals surface area contributed by atoms with Crippen molar-refractivity contribution < 1.29 is 38.1 Å². The van der Waals surface area contributed by atoms with E-state index >= 15 is 0 Å². The Morgan fingerprint density at radius 3 is 2.43 bits per heavy atom. The van der Waals surface area contributed by atoms with E-state index in [4.69, 9.17) is 33.3 Å². The predicted molar refractivity (Wildman–Crippen MR) is 105 cm³/mol. The van der Waals surface area contributed by atoms with E-state index in [0.717, 1.165) is 6.42 Å². The number of methoxy groups -OCH3 is 4. The van der Waals surface area contributed by atoms with Gasteiger partial charge in [0.2, 0.25) is 11.9 Å². The lowest BCUT2D eigenvalue weighted by Gasteiger charge is -2.36. The molecule has 0 aromatic heterocycles. The summed E-state index contributed by atoms with van der Waals surface area (Å²) in [6.07, 6.45) is 2.35. The van der Waals surface area contributed by atoms with Crippen molar-refractivity contribution in [1.29, 1.82) is 0 Å². The molecule has 30 heavy (non-hydrogen) atoms. The zero-order valence-corrected chi connectivity index (χ0v) is 17.4. The first-order valence-corrected chi connectivity index (χ1v) is 9.65. The Hall–Kier alpha value is -2.46. The van der Waals surface area contributed by atoms with E-state index in [1.54, 1.807) is 25.3 Å². The third kappa shape index (κ3) is 3.27. The molecule has 0 bridgehead atoms. The number of allylic oxidation sites excluding steroid dienone is 1. The Bertz CT molecular complexity index is 870. The lowest BCUT2D eigenvalue weighted by Crippen LogP contribution is -2.53. The topological polar surface area (TPSA) is 94.0 Å². The zero-order chi connectivity index (χ0) is 21.3. The summed E-state index contributed by atoms with van der Waals surface area (Å²) in [5.74, 6) is -1.12. The number of ketones is 1. The summed E-state index contributed by atoms with van der Waals surface area (Å²) < 4.78 is 33.8. The fourth-order valence-electron chi connectivity index (χ4n) is 4.03. The number of ether oxygens (including phenoxy) is 6. The van der Waals surface area contributed by atoms with Gasteiger partial charge in [-0.3, -0.25) is 4.79 Å². The molecule has 9 heteroatoms. The number of carbonyl (C=O) groups is 1. The van der Waals surface area contributed by atoms with Gasteiger partial charge in [0, 0.05) is 25.8 Å². The van der Waals surface area contributed by atoms with E-state index in [0.29, 0.717) is 41.6 Å². The Morgan fingerprint density at radius 2 is 1.80 bits per heavy atom. The molecule has 0 N–H and O–H groups in total. The first-order chi connectivity index (χ1) is 14.6. The van der Waals surface area contributed by atoms with Gasteiger partial charge in [0.1, 0.15) is 23.1 Å². The molecule has 162 valence electrons. The van der Waals surface area contributed by atoms with Crippen LogP contribution >= 0.6 is 0 Å². The van der Waals surface area contributed by atoms with E-state index < -0.39 is 24.1 Å². The van der Waals surface area contributed by atoms with Crippen LogP contribution < -0.4 is 9.47 Å². The monoisotopic (exact) mass is 419 g/mol. The standard InChI is InChI=1S/C21H25NO8/c1-24-12-10-13(20-28-8-5-9-29-20)16(15(11-12)25-2)18-17-14(23)6-7-21(26-3,27-4)19(17)30-22-18/h6-7,10-11,17,19-20H,5,8-9H2,1-4H3/t17-,19+/m1/s1. The molecule has 1 fully saturated rings. The van der Waals surface area contributed by atoms with Crippen LogP contribution in [-0.4, -0.2) is 65.0 Å². The maximum atomic E-state index is 12.9. The van der Waals surface area contributed by atoms with Crippen LogP contribution in [0.2, 0.25) is 0 Å². The summed E-state index contributed by atoms with van der Waals surface area (Å²) in [4.78, 5) is 18.6. The molecule has 2 heterocycles. The number of rotatable bonds is 6. The molecule has 1 aromatic rings. The van der Waals surface area contributed by atoms with E-state index in [-0.39, 0.29) is 5.78 Å². The van der Waals surface area contributed by atoms with Crippen LogP contribution in [-0.2, 0) is 28.6 Å². The van der Waals surface area contributed by atoms with Gasteiger partial charge in [-0.05, 0) is 24.6 Å². The molecule has 1 aliphatic carbocycles. The molecule has 2 aliphatic heterocycles. The van der Waals surface area contributed by atoms with E-state index in [9.17, 15) is 4.79 Å². The van der Waals surface area contributed by atoms with Crippen molar-refractivity contribution in [3.63, 3.8) is 0 Å². The smallest absolute Gasteiger partial charge is 0.229 e. The summed E-state index contributed by atoms with van der Waals surface area (Å²) in [5.41, 5.74) is 1.62. The fourth-order valence-corrected chi connectivity index (χ4v) is 4.03. The normalized spacial score (nSPS) is 25.5. The zero-order valence-electron chi connectivity index (χ0n) is 17.4. The van der Waals surface area contributed by atoms with Gasteiger partial charge >= 0.3 is 0 Å². The van der Waals surface area contributed by atoms with Crippen molar-refractivity contribution in [1.82, 2.24) is 0 Å². The second-order valence-electron chi connectivity index (χ2n) is 7.07. The number of benzene rings is 1. The third-order valence-corrected chi connectivity index (χ3v) is 5.58. The second kappa shape index (κ2) is 8.35. The maximum Gasteiger partial charge on any atom is 0.229 e. The van der Waals surface area contributed by atoms with Crippen molar-refractivity contribution >= 4 is 11.5 Å². The highest BCUT2D eigenvalue weighted by molar-refractivity contribution is 6.19. The van der Waals surface area contributed by atoms with Crippen LogP contribution in [0.4, 0.5) is 0 Å². The Morgan fingerprint density at radius 1 is 1.07 bits per heavy atom. The lowest BCUT2D eigenvalue weighted by molar-refractivity contribution is -0.241. The minimum absolute atomic E-state index is 0.171. The minimum atomic E-state index is -1.23. The molecule has 0 unspecified atom stereocenters. The average molecular weight is 419 g/mol. The molecule has 0 radical (unpaired) electrons. The third-order valence-electron chi connectivity index (χ3n) is 5.58.